The minimum atomic E-state index is -0.00372. The van der Waals surface area contributed by atoms with E-state index in [4.69, 9.17) is 0 Å². The van der Waals surface area contributed by atoms with Crippen molar-refractivity contribution >= 4 is 5.91 Å². The Balaban J connectivity index is 3.13. The van der Waals surface area contributed by atoms with E-state index in [0.717, 1.165) is 6.42 Å². The van der Waals surface area contributed by atoms with E-state index in [1.807, 2.05) is 6.08 Å². The predicted octanol–water partition coefficient (Wildman–Crippen LogP) is 3.04. The monoisotopic (exact) mass is 197 g/mol. The van der Waals surface area contributed by atoms with Crippen molar-refractivity contribution in [3.8, 4) is 0 Å². The Bertz CT molecular complexity index is 164. The molecule has 0 atom stereocenters. The number of hydrogen-bond donors (Lipinski definition) is 1. The van der Waals surface area contributed by atoms with Crippen molar-refractivity contribution in [1.29, 1.82) is 0 Å². The first-order valence-electron chi connectivity index (χ1n) is 5.69. The second-order valence-corrected chi connectivity index (χ2v) is 3.57. The molecule has 1 N–H and O–H groups in total. The summed E-state index contributed by atoms with van der Waals surface area (Å²) in [6.07, 6.45) is 12.4. The molecule has 0 saturated carbocycles. The molecule has 0 spiro atoms. The maximum absolute atomic E-state index is 10.8. The summed E-state index contributed by atoms with van der Waals surface area (Å²) in [6, 6.07) is 0. The fraction of sp³-hybridized carbons (Fsp3) is 0.750. The summed E-state index contributed by atoms with van der Waals surface area (Å²) >= 11 is 0. The zero-order valence-electron chi connectivity index (χ0n) is 9.51. The number of likely N-dealkylation sites (N-methyl/N-ethyl adjacent to an activating group) is 1. The summed E-state index contributed by atoms with van der Waals surface area (Å²) in [5.41, 5.74) is 0. The molecule has 0 aromatic heterocycles. The van der Waals surface area contributed by atoms with Crippen LogP contribution in [-0.2, 0) is 4.79 Å². The Morgan fingerprint density at radius 1 is 1.14 bits per heavy atom. The van der Waals surface area contributed by atoms with Crippen molar-refractivity contribution in [3.05, 3.63) is 12.2 Å². The molecule has 2 heteroatoms. The number of hydrogen-bond acceptors (Lipinski definition) is 1. The van der Waals surface area contributed by atoms with Crippen LogP contribution in [0.15, 0.2) is 12.2 Å². The largest absolute Gasteiger partial charge is 0.356 e. The minimum absolute atomic E-state index is 0.00372. The summed E-state index contributed by atoms with van der Waals surface area (Å²) in [7, 11) is 1.65. The first-order chi connectivity index (χ1) is 6.81. The number of nitrogens with one attached hydrogen (secondary N) is 1. The zero-order chi connectivity index (χ0) is 10.6. The van der Waals surface area contributed by atoms with E-state index < -0.39 is 0 Å². The molecule has 1 amide bonds. The van der Waals surface area contributed by atoms with Crippen LogP contribution in [-0.4, -0.2) is 13.0 Å². The summed E-state index contributed by atoms with van der Waals surface area (Å²) in [4.78, 5) is 10.8. The highest BCUT2D eigenvalue weighted by Crippen LogP contribution is 2.06. The predicted molar refractivity (Wildman–Crippen MR) is 61.2 cm³/mol. The third-order valence-electron chi connectivity index (χ3n) is 2.24. The van der Waals surface area contributed by atoms with E-state index in [0.29, 0.717) is 0 Å². The van der Waals surface area contributed by atoms with E-state index in [2.05, 4.69) is 12.2 Å². The number of carbonyl (C=O) groups excluding carboxylic acids is 1. The first-order valence-corrected chi connectivity index (χ1v) is 5.69. The molecule has 0 heterocycles. The lowest BCUT2D eigenvalue weighted by Crippen LogP contribution is -2.13. The standard InChI is InChI=1S/C12H23NO/c1-3-4-5-6-7-8-9-10-11-12(14)13-2/h10-11H,3-9H2,1-2H3,(H,13,14)/b11-10+. The highest BCUT2D eigenvalue weighted by Gasteiger charge is 1.89. The van der Waals surface area contributed by atoms with Gasteiger partial charge in [-0.1, -0.05) is 45.1 Å². The van der Waals surface area contributed by atoms with Gasteiger partial charge in [0.2, 0.25) is 5.91 Å². The minimum Gasteiger partial charge on any atom is -0.356 e. The average molecular weight is 197 g/mol. The van der Waals surface area contributed by atoms with Crippen LogP contribution in [0.1, 0.15) is 51.9 Å². The third kappa shape index (κ3) is 9.30. The molecule has 0 aliphatic rings. The van der Waals surface area contributed by atoms with Gasteiger partial charge in [-0.05, 0) is 18.9 Å². The molecule has 0 unspecified atom stereocenters. The van der Waals surface area contributed by atoms with Crippen LogP contribution >= 0.6 is 0 Å². The number of carbonyl (C=O) groups is 1. The fourth-order valence-electron chi connectivity index (χ4n) is 1.32. The van der Waals surface area contributed by atoms with Crippen molar-refractivity contribution in [2.24, 2.45) is 0 Å². The van der Waals surface area contributed by atoms with Crippen molar-refractivity contribution in [3.63, 3.8) is 0 Å². The molecule has 82 valence electrons. The van der Waals surface area contributed by atoms with Gasteiger partial charge in [0.05, 0.1) is 0 Å². The maximum Gasteiger partial charge on any atom is 0.243 e. The number of amides is 1. The number of allylic oxidation sites excluding steroid dienone is 1. The van der Waals surface area contributed by atoms with Gasteiger partial charge < -0.3 is 5.32 Å². The Kier molecular flexibility index (Phi) is 9.71. The smallest absolute Gasteiger partial charge is 0.243 e. The highest BCUT2D eigenvalue weighted by molar-refractivity contribution is 5.87. The molecule has 0 radical (unpaired) electrons. The molecule has 14 heavy (non-hydrogen) atoms. The maximum atomic E-state index is 10.8. The molecule has 0 fully saturated rings. The lowest BCUT2D eigenvalue weighted by Gasteiger charge is -1.97. The van der Waals surface area contributed by atoms with Crippen LogP contribution in [0.4, 0.5) is 0 Å². The summed E-state index contributed by atoms with van der Waals surface area (Å²) in [6.45, 7) is 2.23. The summed E-state index contributed by atoms with van der Waals surface area (Å²) in [5, 5.41) is 2.56. The van der Waals surface area contributed by atoms with Gasteiger partial charge in [0, 0.05) is 7.05 Å². The van der Waals surface area contributed by atoms with Gasteiger partial charge in [0.1, 0.15) is 0 Å². The van der Waals surface area contributed by atoms with E-state index in [1.165, 1.54) is 38.5 Å². The molecule has 0 bridgehead atoms. The van der Waals surface area contributed by atoms with Crippen molar-refractivity contribution < 1.29 is 4.79 Å². The molecule has 0 aromatic carbocycles. The van der Waals surface area contributed by atoms with Gasteiger partial charge in [-0.15, -0.1) is 0 Å². The quantitative estimate of drug-likeness (QED) is 0.470. The Morgan fingerprint density at radius 3 is 2.43 bits per heavy atom. The molecule has 0 rings (SSSR count). The fourth-order valence-corrected chi connectivity index (χ4v) is 1.32. The van der Waals surface area contributed by atoms with Gasteiger partial charge in [0.15, 0.2) is 0 Å². The van der Waals surface area contributed by atoms with Crippen LogP contribution in [0.3, 0.4) is 0 Å². The average Bonchev–Trinajstić information content (AvgIpc) is 2.21. The van der Waals surface area contributed by atoms with Crippen LogP contribution in [0.5, 0.6) is 0 Å². The van der Waals surface area contributed by atoms with E-state index in [9.17, 15) is 4.79 Å². The SMILES string of the molecule is CCCCCCCC/C=C/C(=O)NC. The zero-order valence-corrected chi connectivity index (χ0v) is 9.51. The number of unbranched alkanes of at least 4 members (excludes halogenated alkanes) is 6. The van der Waals surface area contributed by atoms with Gasteiger partial charge in [-0.25, -0.2) is 0 Å². The van der Waals surface area contributed by atoms with Gasteiger partial charge >= 0.3 is 0 Å². The van der Waals surface area contributed by atoms with Gasteiger partial charge in [-0.2, -0.15) is 0 Å². The molecular formula is C12H23NO. The van der Waals surface area contributed by atoms with Crippen molar-refractivity contribution in [1.82, 2.24) is 5.32 Å². The second-order valence-electron chi connectivity index (χ2n) is 3.57. The normalized spacial score (nSPS) is 10.7. The van der Waals surface area contributed by atoms with Crippen LogP contribution < -0.4 is 5.32 Å². The molecule has 0 aliphatic carbocycles. The van der Waals surface area contributed by atoms with E-state index in [-0.39, 0.29) is 5.91 Å². The topological polar surface area (TPSA) is 29.1 Å². The van der Waals surface area contributed by atoms with Crippen molar-refractivity contribution in [2.45, 2.75) is 51.9 Å². The Morgan fingerprint density at radius 2 is 1.79 bits per heavy atom. The number of rotatable bonds is 8. The lowest BCUT2D eigenvalue weighted by molar-refractivity contribution is -0.116. The van der Waals surface area contributed by atoms with Crippen LogP contribution in [0.25, 0.3) is 0 Å². The van der Waals surface area contributed by atoms with Gasteiger partial charge in [0.25, 0.3) is 0 Å². The Labute approximate surface area is 87.8 Å². The van der Waals surface area contributed by atoms with E-state index in [1.54, 1.807) is 13.1 Å². The van der Waals surface area contributed by atoms with Gasteiger partial charge in [-0.3, -0.25) is 4.79 Å². The molecule has 0 aromatic rings. The van der Waals surface area contributed by atoms with Crippen LogP contribution in [0.2, 0.25) is 0 Å². The van der Waals surface area contributed by atoms with Crippen molar-refractivity contribution in [2.75, 3.05) is 7.05 Å². The molecule has 2 nitrogen and oxygen atoms in total. The summed E-state index contributed by atoms with van der Waals surface area (Å²) in [5.74, 6) is -0.00372. The first kappa shape index (κ1) is 13.2. The van der Waals surface area contributed by atoms with Crippen LogP contribution in [0, 0.1) is 0 Å². The van der Waals surface area contributed by atoms with E-state index >= 15 is 0 Å². The Hall–Kier alpha value is -0.790. The molecular weight excluding hydrogens is 174 g/mol. The summed E-state index contributed by atoms with van der Waals surface area (Å²) < 4.78 is 0. The third-order valence-corrected chi connectivity index (χ3v) is 2.24. The second kappa shape index (κ2) is 10.3. The molecule has 0 saturated heterocycles. The molecule has 0 aliphatic heterocycles. The lowest BCUT2D eigenvalue weighted by atomic mass is 10.1. The highest BCUT2D eigenvalue weighted by atomic mass is 16.1.